The SMILES string of the molecule is CCC1CNC(CC(C)C)CN1C(C)c1ccc(Cl)cc1. The third-order valence-electron chi connectivity index (χ3n) is 4.62. The van der Waals surface area contributed by atoms with E-state index < -0.39 is 0 Å². The molecule has 0 aromatic heterocycles. The maximum Gasteiger partial charge on any atom is 0.0406 e. The van der Waals surface area contributed by atoms with E-state index in [1.165, 1.54) is 18.4 Å². The van der Waals surface area contributed by atoms with Crippen LogP contribution < -0.4 is 5.32 Å². The van der Waals surface area contributed by atoms with Gasteiger partial charge in [-0.15, -0.1) is 0 Å². The fourth-order valence-corrected chi connectivity index (χ4v) is 3.53. The summed E-state index contributed by atoms with van der Waals surface area (Å²) in [6.45, 7) is 11.5. The normalized spacial score (nSPS) is 25.2. The number of piperazine rings is 1. The molecule has 1 aliphatic heterocycles. The number of nitrogens with one attached hydrogen (secondary N) is 1. The Bertz CT molecular complexity index is 429. The lowest BCUT2D eigenvalue weighted by Gasteiger charge is -2.44. The van der Waals surface area contributed by atoms with E-state index in [-0.39, 0.29) is 0 Å². The molecule has 1 aliphatic rings. The maximum absolute atomic E-state index is 6.01. The summed E-state index contributed by atoms with van der Waals surface area (Å²) < 4.78 is 0. The van der Waals surface area contributed by atoms with Gasteiger partial charge in [0.1, 0.15) is 0 Å². The molecule has 2 rings (SSSR count). The van der Waals surface area contributed by atoms with Crippen LogP contribution in [0.4, 0.5) is 0 Å². The molecule has 0 spiro atoms. The van der Waals surface area contributed by atoms with Crippen LogP contribution in [0.5, 0.6) is 0 Å². The number of hydrogen-bond donors (Lipinski definition) is 1. The van der Waals surface area contributed by atoms with Gasteiger partial charge >= 0.3 is 0 Å². The second-order valence-corrected chi connectivity index (χ2v) is 7.16. The Morgan fingerprint density at radius 3 is 2.48 bits per heavy atom. The Hall–Kier alpha value is -0.570. The van der Waals surface area contributed by atoms with E-state index >= 15 is 0 Å². The lowest BCUT2D eigenvalue weighted by Crippen LogP contribution is -2.57. The van der Waals surface area contributed by atoms with Gasteiger partial charge in [0.15, 0.2) is 0 Å². The molecule has 1 aromatic carbocycles. The molecule has 1 N–H and O–H groups in total. The van der Waals surface area contributed by atoms with Crippen molar-refractivity contribution in [1.82, 2.24) is 10.2 Å². The monoisotopic (exact) mass is 308 g/mol. The Morgan fingerprint density at radius 2 is 1.90 bits per heavy atom. The summed E-state index contributed by atoms with van der Waals surface area (Å²) >= 11 is 6.01. The van der Waals surface area contributed by atoms with E-state index in [9.17, 15) is 0 Å². The van der Waals surface area contributed by atoms with E-state index in [0.717, 1.165) is 24.0 Å². The molecule has 3 heteroatoms. The summed E-state index contributed by atoms with van der Waals surface area (Å²) in [6.07, 6.45) is 2.44. The molecule has 1 fully saturated rings. The average Bonchev–Trinajstić information content (AvgIpc) is 2.46. The van der Waals surface area contributed by atoms with Crippen LogP contribution in [0, 0.1) is 5.92 Å². The number of halogens is 1. The highest BCUT2D eigenvalue weighted by Gasteiger charge is 2.30. The standard InChI is InChI=1S/C18H29ClN2/c1-5-18-11-20-17(10-13(2)3)12-21(18)14(4)15-6-8-16(19)9-7-15/h6-9,13-14,17-18,20H,5,10-12H2,1-4H3. The molecule has 1 heterocycles. The Kier molecular flexibility index (Phi) is 6.09. The van der Waals surface area contributed by atoms with Crippen LogP contribution in [0.15, 0.2) is 24.3 Å². The van der Waals surface area contributed by atoms with Crippen molar-refractivity contribution >= 4 is 11.6 Å². The van der Waals surface area contributed by atoms with Crippen LogP contribution in [-0.4, -0.2) is 30.1 Å². The highest BCUT2D eigenvalue weighted by molar-refractivity contribution is 6.30. The van der Waals surface area contributed by atoms with Gasteiger partial charge in [0.25, 0.3) is 0 Å². The predicted octanol–water partition coefficient (Wildman–Crippen LogP) is 4.50. The first-order chi connectivity index (χ1) is 10.0. The molecule has 0 aliphatic carbocycles. The van der Waals surface area contributed by atoms with Gasteiger partial charge in [0.05, 0.1) is 0 Å². The largest absolute Gasteiger partial charge is 0.311 e. The molecule has 1 aromatic rings. The molecule has 118 valence electrons. The highest BCUT2D eigenvalue weighted by atomic mass is 35.5. The molecule has 2 nitrogen and oxygen atoms in total. The predicted molar refractivity (Wildman–Crippen MR) is 91.9 cm³/mol. The molecule has 21 heavy (non-hydrogen) atoms. The van der Waals surface area contributed by atoms with Gasteiger partial charge in [-0.3, -0.25) is 4.90 Å². The van der Waals surface area contributed by atoms with Gasteiger partial charge in [0.2, 0.25) is 0 Å². The second kappa shape index (κ2) is 7.62. The molecule has 1 saturated heterocycles. The van der Waals surface area contributed by atoms with Crippen molar-refractivity contribution in [2.24, 2.45) is 5.92 Å². The molecular weight excluding hydrogens is 280 g/mol. The maximum atomic E-state index is 6.01. The lowest BCUT2D eigenvalue weighted by molar-refractivity contribution is 0.0803. The van der Waals surface area contributed by atoms with Gasteiger partial charge in [-0.25, -0.2) is 0 Å². The lowest BCUT2D eigenvalue weighted by atomic mass is 9.96. The second-order valence-electron chi connectivity index (χ2n) is 6.72. The molecule has 0 bridgehead atoms. The topological polar surface area (TPSA) is 15.3 Å². The van der Waals surface area contributed by atoms with E-state index in [1.54, 1.807) is 0 Å². The van der Waals surface area contributed by atoms with Gasteiger partial charge in [0, 0.05) is 36.2 Å². The average molecular weight is 309 g/mol. The fourth-order valence-electron chi connectivity index (χ4n) is 3.40. The summed E-state index contributed by atoms with van der Waals surface area (Å²) in [5.74, 6) is 0.744. The van der Waals surface area contributed by atoms with Crippen molar-refractivity contribution < 1.29 is 0 Å². The van der Waals surface area contributed by atoms with Gasteiger partial charge < -0.3 is 5.32 Å². The Balaban J connectivity index is 2.10. The summed E-state index contributed by atoms with van der Waals surface area (Å²) in [4.78, 5) is 2.67. The number of benzene rings is 1. The van der Waals surface area contributed by atoms with Crippen molar-refractivity contribution in [2.45, 2.75) is 58.7 Å². The first kappa shape index (κ1) is 16.8. The minimum Gasteiger partial charge on any atom is -0.311 e. The quantitative estimate of drug-likeness (QED) is 0.861. The molecule has 3 unspecified atom stereocenters. The third-order valence-corrected chi connectivity index (χ3v) is 4.87. The fraction of sp³-hybridized carbons (Fsp3) is 0.667. The number of rotatable bonds is 5. The summed E-state index contributed by atoms with van der Waals surface area (Å²) in [7, 11) is 0. The zero-order chi connectivity index (χ0) is 15.4. The van der Waals surface area contributed by atoms with E-state index in [1.807, 2.05) is 12.1 Å². The smallest absolute Gasteiger partial charge is 0.0406 e. The third kappa shape index (κ3) is 4.45. The zero-order valence-electron chi connectivity index (χ0n) is 13.8. The first-order valence-electron chi connectivity index (χ1n) is 8.25. The summed E-state index contributed by atoms with van der Waals surface area (Å²) in [5, 5.41) is 4.55. The van der Waals surface area contributed by atoms with Crippen LogP contribution in [0.2, 0.25) is 5.02 Å². The Labute approximate surface area is 134 Å². The van der Waals surface area contributed by atoms with Crippen molar-refractivity contribution in [1.29, 1.82) is 0 Å². The van der Waals surface area contributed by atoms with Gasteiger partial charge in [-0.2, -0.15) is 0 Å². The molecule has 0 radical (unpaired) electrons. The molecule has 3 atom stereocenters. The zero-order valence-corrected chi connectivity index (χ0v) is 14.5. The Morgan fingerprint density at radius 1 is 1.24 bits per heavy atom. The minimum atomic E-state index is 0.448. The summed E-state index contributed by atoms with van der Waals surface area (Å²) in [6, 6.07) is 10.0. The minimum absolute atomic E-state index is 0.448. The van der Waals surface area contributed by atoms with E-state index in [2.05, 4.69) is 50.0 Å². The van der Waals surface area contributed by atoms with Crippen LogP contribution in [0.25, 0.3) is 0 Å². The van der Waals surface area contributed by atoms with Crippen molar-refractivity contribution in [2.75, 3.05) is 13.1 Å². The van der Waals surface area contributed by atoms with E-state index in [4.69, 9.17) is 11.6 Å². The van der Waals surface area contributed by atoms with E-state index in [0.29, 0.717) is 18.1 Å². The van der Waals surface area contributed by atoms with Crippen molar-refractivity contribution in [3.63, 3.8) is 0 Å². The van der Waals surface area contributed by atoms with Crippen LogP contribution in [0.1, 0.15) is 52.1 Å². The molecular formula is C18H29ClN2. The number of nitrogens with zero attached hydrogens (tertiary/aromatic N) is 1. The highest BCUT2D eigenvalue weighted by Crippen LogP contribution is 2.27. The van der Waals surface area contributed by atoms with Crippen LogP contribution in [-0.2, 0) is 0 Å². The first-order valence-corrected chi connectivity index (χ1v) is 8.63. The van der Waals surface area contributed by atoms with Gasteiger partial charge in [-0.1, -0.05) is 44.5 Å². The van der Waals surface area contributed by atoms with Crippen LogP contribution in [0.3, 0.4) is 0 Å². The molecule has 0 amide bonds. The number of hydrogen-bond acceptors (Lipinski definition) is 2. The van der Waals surface area contributed by atoms with Gasteiger partial charge in [-0.05, 0) is 43.4 Å². The molecule has 0 saturated carbocycles. The van der Waals surface area contributed by atoms with Crippen LogP contribution >= 0.6 is 11.6 Å². The van der Waals surface area contributed by atoms with Crippen molar-refractivity contribution in [3.8, 4) is 0 Å². The summed E-state index contributed by atoms with van der Waals surface area (Å²) in [5.41, 5.74) is 1.36. The van der Waals surface area contributed by atoms with Crippen molar-refractivity contribution in [3.05, 3.63) is 34.9 Å².